The van der Waals surface area contributed by atoms with E-state index in [2.05, 4.69) is 22.1 Å². The van der Waals surface area contributed by atoms with Crippen LogP contribution in [0.25, 0.3) is 0 Å². The fourth-order valence-electron chi connectivity index (χ4n) is 2.22. The molecular weight excluding hydrogens is 320 g/mol. The van der Waals surface area contributed by atoms with Crippen molar-refractivity contribution in [1.82, 2.24) is 10.2 Å². The van der Waals surface area contributed by atoms with E-state index in [1.165, 1.54) is 12.1 Å². The lowest BCUT2D eigenvalue weighted by molar-refractivity contribution is -0.384. The third-order valence-corrected chi connectivity index (χ3v) is 3.72. The Labute approximate surface area is 150 Å². The highest BCUT2D eigenvalue weighted by Gasteiger charge is 2.07. The van der Waals surface area contributed by atoms with Gasteiger partial charge in [0.2, 0.25) is 0 Å². The van der Waals surface area contributed by atoms with E-state index in [1.54, 1.807) is 12.1 Å². The summed E-state index contributed by atoms with van der Waals surface area (Å²) in [4.78, 5) is 17.1. The first kappa shape index (κ1) is 20.9. The molecule has 0 saturated heterocycles. The molecule has 0 fully saturated rings. The predicted molar refractivity (Wildman–Crippen MR) is 101 cm³/mol. The highest BCUT2D eigenvalue weighted by molar-refractivity contribution is 5.79. The first-order valence-electron chi connectivity index (χ1n) is 8.89. The van der Waals surface area contributed by atoms with E-state index >= 15 is 0 Å². The maximum atomic E-state index is 10.7. The SMILES string of the molecule is CCCCN(C)C(=NCc1ccc([N+](=O)[O-])cc1)NCCCOCC. The molecule has 25 heavy (non-hydrogen) atoms. The van der Waals surface area contributed by atoms with Crippen LogP contribution in [-0.4, -0.2) is 49.1 Å². The molecule has 1 rings (SSSR count). The molecule has 0 aliphatic heterocycles. The molecule has 0 atom stereocenters. The molecule has 0 spiro atoms. The zero-order valence-corrected chi connectivity index (χ0v) is 15.5. The van der Waals surface area contributed by atoms with Gasteiger partial charge in [0.05, 0.1) is 11.5 Å². The monoisotopic (exact) mass is 350 g/mol. The van der Waals surface area contributed by atoms with Gasteiger partial charge in [-0.1, -0.05) is 25.5 Å². The van der Waals surface area contributed by atoms with Gasteiger partial charge in [0.25, 0.3) is 5.69 Å². The number of non-ortho nitro benzene ring substituents is 1. The summed E-state index contributed by atoms with van der Waals surface area (Å²) < 4.78 is 5.35. The van der Waals surface area contributed by atoms with Gasteiger partial charge in [0, 0.05) is 45.5 Å². The third kappa shape index (κ3) is 8.49. The Bertz CT molecular complexity index is 532. The van der Waals surface area contributed by atoms with Crippen molar-refractivity contribution in [2.75, 3.05) is 33.4 Å². The number of guanidine groups is 1. The molecule has 0 saturated carbocycles. The maximum Gasteiger partial charge on any atom is 0.269 e. The van der Waals surface area contributed by atoms with E-state index in [4.69, 9.17) is 4.74 Å². The highest BCUT2D eigenvalue weighted by Crippen LogP contribution is 2.12. The number of aliphatic imine (C=N–C) groups is 1. The van der Waals surface area contributed by atoms with Crippen LogP contribution in [0.15, 0.2) is 29.3 Å². The Hall–Kier alpha value is -2.15. The summed E-state index contributed by atoms with van der Waals surface area (Å²) in [6.45, 7) is 7.85. The van der Waals surface area contributed by atoms with Gasteiger partial charge < -0.3 is 15.0 Å². The van der Waals surface area contributed by atoms with E-state index in [1.807, 2.05) is 14.0 Å². The molecule has 0 bridgehead atoms. The van der Waals surface area contributed by atoms with Crippen LogP contribution in [0.5, 0.6) is 0 Å². The van der Waals surface area contributed by atoms with Gasteiger partial charge >= 0.3 is 0 Å². The number of nitrogens with one attached hydrogen (secondary N) is 1. The van der Waals surface area contributed by atoms with Crippen molar-refractivity contribution in [3.63, 3.8) is 0 Å². The third-order valence-electron chi connectivity index (χ3n) is 3.72. The van der Waals surface area contributed by atoms with Crippen LogP contribution in [0.1, 0.15) is 38.7 Å². The number of nitrogens with zero attached hydrogens (tertiary/aromatic N) is 3. The number of hydrogen-bond acceptors (Lipinski definition) is 4. The summed E-state index contributed by atoms with van der Waals surface area (Å²) in [6.07, 6.45) is 3.16. The number of rotatable bonds is 11. The summed E-state index contributed by atoms with van der Waals surface area (Å²) in [6, 6.07) is 6.53. The van der Waals surface area contributed by atoms with Crippen LogP contribution >= 0.6 is 0 Å². The van der Waals surface area contributed by atoms with Crippen LogP contribution in [0, 0.1) is 10.1 Å². The zero-order chi connectivity index (χ0) is 18.5. The normalized spacial score (nSPS) is 11.4. The van der Waals surface area contributed by atoms with Crippen molar-refractivity contribution < 1.29 is 9.66 Å². The van der Waals surface area contributed by atoms with E-state index in [0.29, 0.717) is 6.54 Å². The van der Waals surface area contributed by atoms with Crippen LogP contribution in [0.3, 0.4) is 0 Å². The molecule has 0 aliphatic rings. The molecule has 1 N–H and O–H groups in total. The number of nitro benzene ring substituents is 1. The van der Waals surface area contributed by atoms with E-state index in [9.17, 15) is 10.1 Å². The summed E-state index contributed by atoms with van der Waals surface area (Å²) in [5.41, 5.74) is 1.05. The number of unbranched alkanes of at least 4 members (excludes halogenated alkanes) is 1. The lowest BCUT2D eigenvalue weighted by Crippen LogP contribution is -2.40. The lowest BCUT2D eigenvalue weighted by atomic mass is 10.2. The van der Waals surface area contributed by atoms with Crippen molar-refractivity contribution in [2.45, 2.75) is 39.7 Å². The molecule has 7 nitrogen and oxygen atoms in total. The molecule has 0 aromatic heterocycles. The Morgan fingerprint density at radius 2 is 2.00 bits per heavy atom. The smallest absolute Gasteiger partial charge is 0.269 e. The van der Waals surface area contributed by atoms with E-state index < -0.39 is 4.92 Å². The van der Waals surface area contributed by atoms with Crippen LogP contribution in [0.2, 0.25) is 0 Å². The summed E-state index contributed by atoms with van der Waals surface area (Å²) >= 11 is 0. The molecule has 1 aromatic rings. The molecule has 0 unspecified atom stereocenters. The van der Waals surface area contributed by atoms with Crippen molar-refractivity contribution in [2.24, 2.45) is 4.99 Å². The molecule has 0 radical (unpaired) electrons. The number of nitro groups is 1. The van der Waals surface area contributed by atoms with E-state index in [-0.39, 0.29) is 5.69 Å². The van der Waals surface area contributed by atoms with Gasteiger partial charge in [-0.15, -0.1) is 0 Å². The van der Waals surface area contributed by atoms with Crippen molar-refractivity contribution >= 4 is 11.6 Å². The maximum absolute atomic E-state index is 10.7. The number of benzene rings is 1. The molecule has 0 aliphatic carbocycles. The summed E-state index contributed by atoms with van der Waals surface area (Å²) in [7, 11) is 2.03. The minimum atomic E-state index is -0.392. The van der Waals surface area contributed by atoms with Gasteiger partial charge in [-0.05, 0) is 25.3 Å². The van der Waals surface area contributed by atoms with Gasteiger partial charge in [-0.25, -0.2) is 4.99 Å². The fourth-order valence-corrected chi connectivity index (χ4v) is 2.22. The second-order valence-electron chi connectivity index (χ2n) is 5.82. The highest BCUT2D eigenvalue weighted by atomic mass is 16.6. The molecule has 140 valence electrons. The largest absolute Gasteiger partial charge is 0.382 e. The second kappa shape index (κ2) is 12.2. The molecule has 0 heterocycles. The predicted octanol–water partition coefficient (Wildman–Crippen LogP) is 3.20. The average Bonchev–Trinajstić information content (AvgIpc) is 2.62. The minimum Gasteiger partial charge on any atom is -0.382 e. The van der Waals surface area contributed by atoms with Gasteiger partial charge in [0.15, 0.2) is 5.96 Å². The zero-order valence-electron chi connectivity index (χ0n) is 15.5. The van der Waals surface area contributed by atoms with Gasteiger partial charge in [-0.3, -0.25) is 10.1 Å². The topological polar surface area (TPSA) is 80.0 Å². The van der Waals surface area contributed by atoms with Crippen molar-refractivity contribution in [3.8, 4) is 0 Å². The molecule has 0 amide bonds. The Morgan fingerprint density at radius 1 is 1.28 bits per heavy atom. The lowest BCUT2D eigenvalue weighted by Gasteiger charge is -2.22. The van der Waals surface area contributed by atoms with Crippen LogP contribution in [0.4, 0.5) is 5.69 Å². The Kier molecular flexibility index (Phi) is 10.2. The van der Waals surface area contributed by atoms with Gasteiger partial charge in [-0.2, -0.15) is 0 Å². The summed E-state index contributed by atoms with van der Waals surface area (Å²) in [5.74, 6) is 0.850. The number of ether oxygens (including phenoxy) is 1. The average molecular weight is 350 g/mol. The standard InChI is InChI=1S/C18H30N4O3/c1-4-6-13-21(3)18(19-12-7-14-25-5-2)20-15-16-8-10-17(11-9-16)22(23)24/h8-11H,4-7,12-15H2,1-3H3,(H,19,20). The first-order valence-corrected chi connectivity index (χ1v) is 8.89. The first-order chi connectivity index (χ1) is 12.1. The minimum absolute atomic E-state index is 0.0991. The fraction of sp³-hybridized carbons (Fsp3) is 0.611. The molecular formula is C18H30N4O3. The number of hydrogen-bond donors (Lipinski definition) is 1. The molecule has 7 heteroatoms. The van der Waals surface area contributed by atoms with Crippen LogP contribution < -0.4 is 5.32 Å². The van der Waals surface area contributed by atoms with Gasteiger partial charge in [0.1, 0.15) is 0 Å². The van der Waals surface area contributed by atoms with Crippen molar-refractivity contribution in [3.05, 3.63) is 39.9 Å². The Morgan fingerprint density at radius 3 is 2.60 bits per heavy atom. The molecule has 1 aromatic carbocycles. The second-order valence-corrected chi connectivity index (χ2v) is 5.82. The van der Waals surface area contributed by atoms with Crippen molar-refractivity contribution in [1.29, 1.82) is 0 Å². The Balaban J connectivity index is 2.64. The van der Waals surface area contributed by atoms with Crippen LogP contribution in [-0.2, 0) is 11.3 Å². The van der Waals surface area contributed by atoms with E-state index in [0.717, 1.165) is 57.1 Å². The quantitative estimate of drug-likeness (QED) is 0.218. The summed E-state index contributed by atoms with van der Waals surface area (Å²) in [5, 5.41) is 14.1.